The van der Waals surface area contributed by atoms with Gasteiger partial charge in [0, 0.05) is 0 Å². The Labute approximate surface area is 101 Å². The van der Waals surface area contributed by atoms with Crippen LogP contribution in [0.25, 0.3) is 0 Å². The molecule has 1 fully saturated rings. The maximum Gasteiger partial charge on any atom is 0.231 e. The lowest BCUT2D eigenvalue weighted by Gasteiger charge is -2.13. The number of methoxy groups -OCH3 is 1. The smallest absolute Gasteiger partial charge is 0.231 e. The molecule has 1 unspecified atom stereocenters. The molecule has 1 N–H and O–H groups in total. The molecule has 1 saturated heterocycles. The molecule has 0 aromatic heterocycles. The Hall–Kier alpha value is -1.42. The fraction of sp³-hybridized carbons (Fsp3) is 0.538. The summed E-state index contributed by atoms with van der Waals surface area (Å²) in [6, 6.07) is 4.06. The molecule has 3 rings (SSSR count). The molecule has 1 aromatic rings. The lowest BCUT2D eigenvalue weighted by molar-refractivity contribution is 0.171. The first-order valence-corrected chi connectivity index (χ1v) is 6.04. The van der Waals surface area contributed by atoms with Gasteiger partial charge in [0.1, 0.15) is 0 Å². The first-order valence-electron chi connectivity index (χ1n) is 6.04. The van der Waals surface area contributed by atoms with Gasteiger partial charge in [0.15, 0.2) is 11.5 Å². The Kier molecular flexibility index (Phi) is 2.81. The summed E-state index contributed by atoms with van der Waals surface area (Å²) in [4.78, 5) is 0. The summed E-state index contributed by atoms with van der Waals surface area (Å²) in [6.07, 6.45) is 2.27. The minimum atomic E-state index is 0.292. The van der Waals surface area contributed by atoms with Gasteiger partial charge in [-0.05, 0) is 43.5 Å². The summed E-state index contributed by atoms with van der Waals surface area (Å²) in [5, 5.41) is 3.39. The minimum Gasteiger partial charge on any atom is -0.492 e. The highest BCUT2D eigenvalue weighted by Gasteiger charge is 2.24. The Morgan fingerprint density at radius 2 is 2.35 bits per heavy atom. The molecule has 0 spiro atoms. The van der Waals surface area contributed by atoms with E-state index in [9.17, 15) is 0 Å². The monoisotopic (exact) mass is 235 g/mol. The van der Waals surface area contributed by atoms with Crippen LogP contribution >= 0.6 is 0 Å². The largest absolute Gasteiger partial charge is 0.492 e. The van der Waals surface area contributed by atoms with Gasteiger partial charge in [0.05, 0.1) is 7.11 Å². The predicted molar refractivity (Wildman–Crippen MR) is 63.8 cm³/mol. The molecule has 0 amide bonds. The lowest BCUT2D eigenvalue weighted by Crippen LogP contribution is -2.11. The van der Waals surface area contributed by atoms with Crippen LogP contribution in [0.5, 0.6) is 17.2 Å². The molecule has 0 aliphatic carbocycles. The second-order valence-corrected chi connectivity index (χ2v) is 4.55. The number of benzene rings is 1. The van der Waals surface area contributed by atoms with E-state index in [1.165, 1.54) is 12.0 Å². The van der Waals surface area contributed by atoms with Crippen molar-refractivity contribution in [1.82, 2.24) is 5.32 Å². The van der Waals surface area contributed by atoms with Crippen molar-refractivity contribution in [2.24, 2.45) is 5.92 Å². The van der Waals surface area contributed by atoms with Gasteiger partial charge in [-0.15, -0.1) is 0 Å². The van der Waals surface area contributed by atoms with Crippen LogP contribution in [-0.2, 0) is 6.42 Å². The Morgan fingerprint density at radius 1 is 1.41 bits per heavy atom. The molecular formula is C13H17NO3. The van der Waals surface area contributed by atoms with Gasteiger partial charge in [-0.1, -0.05) is 6.07 Å². The zero-order valence-corrected chi connectivity index (χ0v) is 9.99. The summed E-state index contributed by atoms with van der Waals surface area (Å²) >= 11 is 0. The number of rotatable bonds is 3. The van der Waals surface area contributed by atoms with Crippen molar-refractivity contribution in [3.8, 4) is 17.2 Å². The maximum absolute atomic E-state index is 5.47. The van der Waals surface area contributed by atoms with Crippen molar-refractivity contribution in [2.45, 2.75) is 12.8 Å². The number of ether oxygens (including phenoxy) is 3. The van der Waals surface area contributed by atoms with Gasteiger partial charge in [0.2, 0.25) is 12.5 Å². The third-order valence-electron chi connectivity index (χ3n) is 3.45. The minimum absolute atomic E-state index is 0.292. The normalized spacial score (nSPS) is 21.8. The third-order valence-corrected chi connectivity index (χ3v) is 3.45. The molecular weight excluding hydrogens is 218 g/mol. The van der Waals surface area contributed by atoms with E-state index >= 15 is 0 Å². The Morgan fingerprint density at radius 3 is 3.12 bits per heavy atom. The van der Waals surface area contributed by atoms with Crippen LogP contribution in [0.15, 0.2) is 12.1 Å². The van der Waals surface area contributed by atoms with E-state index in [2.05, 4.69) is 11.4 Å². The number of hydrogen-bond donors (Lipinski definition) is 1. The first kappa shape index (κ1) is 10.7. The highest BCUT2D eigenvalue weighted by atomic mass is 16.7. The lowest BCUT2D eigenvalue weighted by atomic mass is 9.97. The van der Waals surface area contributed by atoms with Crippen molar-refractivity contribution in [1.29, 1.82) is 0 Å². The van der Waals surface area contributed by atoms with E-state index < -0.39 is 0 Å². The van der Waals surface area contributed by atoms with E-state index in [0.29, 0.717) is 12.7 Å². The van der Waals surface area contributed by atoms with E-state index in [-0.39, 0.29) is 0 Å². The SMILES string of the molecule is COc1c(CC2CCNC2)ccc2c1OCO2. The molecule has 2 aliphatic rings. The molecule has 2 heterocycles. The van der Waals surface area contributed by atoms with E-state index in [1.54, 1.807) is 7.11 Å². The van der Waals surface area contributed by atoms with Crippen LogP contribution in [0.2, 0.25) is 0 Å². The zero-order chi connectivity index (χ0) is 11.7. The standard InChI is InChI=1S/C13H17NO3/c1-15-12-10(6-9-4-5-14-7-9)2-3-11-13(12)17-8-16-11/h2-3,9,14H,4-8H2,1H3. The van der Waals surface area contributed by atoms with Gasteiger partial charge in [-0.25, -0.2) is 0 Å². The maximum atomic E-state index is 5.47. The van der Waals surface area contributed by atoms with Gasteiger partial charge in [-0.2, -0.15) is 0 Å². The molecule has 4 nitrogen and oxygen atoms in total. The molecule has 0 bridgehead atoms. The average Bonchev–Trinajstić information content (AvgIpc) is 2.98. The number of hydrogen-bond acceptors (Lipinski definition) is 4. The Bertz CT molecular complexity index is 413. The third kappa shape index (κ3) is 1.93. The number of nitrogens with one attached hydrogen (secondary N) is 1. The van der Waals surface area contributed by atoms with Crippen molar-refractivity contribution >= 4 is 0 Å². The topological polar surface area (TPSA) is 39.7 Å². The van der Waals surface area contributed by atoms with Crippen molar-refractivity contribution < 1.29 is 14.2 Å². The van der Waals surface area contributed by atoms with Crippen LogP contribution in [0.1, 0.15) is 12.0 Å². The highest BCUT2D eigenvalue weighted by Crippen LogP contribution is 2.43. The first-order chi connectivity index (χ1) is 8.38. The molecule has 92 valence electrons. The molecule has 0 saturated carbocycles. The highest BCUT2D eigenvalue weighted by molar-refractivity contribution is 5.57. The van der Waals surface area contributed by atoms with E-state index in [1.807, 2.05) is 6.07 Å². The van der Waals surface area contributed by atoms with Crippen LogP contribution in [0.3, 0.4) is 0 Å². The summed E-state index contributed by atoms with van der Waals surface area (Å²) in [6.45, 7) is 2.51. The molecule has 2 aliphatic heterocycles. The van der Waals surface area contributed by atoms with E-state index in [4.69, 9.17) is 14.2 Å². The molecule has 17 heavy (non-hydrogen) atoms. The fourth-order valence-corrected chi connectivity index (χ4v) is 2.57. The van der Waals surface area contributed by atoms with Gasteiger partial charge >= 0.3 is 0 Å². The van der Waals surface area contributed by atoms with Crippen LogP contribution < -0.4 is 19.5 Å². The summed E-state index contributed by atoms with van der Waals surface area (Å²) in [5.41, 5.74) is 1.21. The molecule has 1 atom stereocenters. The second-order valence-electron chi connectivity index (χ2n) is 4.55. The van der Waals surface area contributed by atoms with Crippen molar-refractivity contribution in [3.63, 3.8) is 0 Å². The zero-order valence-electron chi connectivity index (χ0n) is 9.99. The molecule has 0 radical (unpaired) electrons. The average molecular weight is 235 g/mol. The van der Waals surface area contributed by atoms with Gasteiger partial charge < -0.3 is 19.5 Å². The number of fused-ring (bicyclic) bond motifs is 1. The van der Waals surface area contributed by atoms with Crippen molar-refractivity contribution in [2.75, 3.05) is 27.0 Å². The van der Waals surface area contributed by atoms with Gasteiger partial charge in [-0.3, -0.25) is 0 Å². The molecule has 4 heteroatoms. The van der Waals surface area contributed by atoms with Crippen LogP contribution in [0.4, 0.5) is 0 Å². The fourth-order valence-electron chi connectivity index (χ4n) is 2.57. The quantitative estimate of drug-likeness (QED) is 0.863. The second kappa shape index (κ2) is 4.45. The summed E-state index contributed by atoms with van der Waals surface area (Å²) in [5.74, 6) is 3.09. The summed E-state index contributed by atoms with van der Waals surface area (Å²) < 4.78 is 16.3. The van der Waals surface area contributed by atoms with Crippen molar-refractivity contribution in [3.05, 3.63) is 17.7 Å². The van der Waals surface area contributed by atoms with Crippen LogP contribution in [0, 0.1) is 5.92 Å². The van der Waals surface area contributed by atoms with Gasteiger partial charge in [0.25, 0.3) is 0 Å². The predicted octanol–water partition coefficient (Wildman–Crippen LogP) is 1.58. The molecule has 1 aromatic carbocycles. The van der Waals surface area contributed by atoms with E-state index in [0.717, 1.165) is 36.8 Å². The van der Waals surface area contributed by atoms with Crippen LogP contribution in [-0.4, -0.2) is 27.0 Å². The Balaban J connectivity index is 1.88. The summed E-state index contributed by atoms with van der Waals surface area (Å²) in [7, 11) is 1.69.